The summed E-state index contributed by atoms with van der Waals surface area (Å²) in [5, 5.41) is 0. The van der Waals surface area contributed by atoms with E-state index in [1.807, 2.05) is 6.92 Å². The fourth-order valence-electron chi connectivity index (χ4n) is 2.93. The van der Waals surface area contributed by atoms with Crippen molar-refractivity contribution in [2.24, 2.45) is 5.92 Å². The van der Waals surface area contributed by atoms with E-state index in [0.29, 0.717) is 0 Å². The highest BCUT2D eigenvalue weighted by Gasteiger charge is 2.34. The average Bonchev–Trinajstić information content (AvgIpc) is 2.59. The summed E-state index contributed by atoms with van der Waals surface area (Å²) in [7, 11) is 1.34. The molecule has 0 unspecified atom stereocenters. The second-order valence-corrected chi connectivity index (χ2v) is 11.0. The molecule has 0 N–H and O–H groups in total. The van der Waals surface area contributed by atoms with Crippen LogP contribution < -0.4 is 0 Å². The van der Waals surface area contributed by atoms with Crippen molar-refractivity contribution in [1.82, 2.24) is 0 Å². The molecule has 0 bridgehead atoms. The molecule has 0 aromatic rings. The fraction of sp³-hybridized carbons (Fsp3) is 1.00. The van der Waals surface area contributed by atoms with Crippen LogP contribution >= 0.6 is 0 Å². The molecule has 0 atom stereocenters. The van der Waals surface area contributed by atoms with Crippen molar-refractivity contribution >= 4 is 18.1 Å². The molecule has 1 rings (SSSR count). The van der Waals surface area contributed by atoms with Crippen LogP contribution in [0.25, 0.3) is 0 Å². The van der Waals surface area contributed by atoms with Crippen LogP contribution in [0.4, 0.5) is 0 Å². The molecule has 5 nitrogen and oxygen atoms in total. The Labute approximate surface area is 146 Å². The third kappa shape index (κ3) is 9.96. The Bertz CT molecular complexity index is 235. The molecule has 1 aliphatic rings. The van der Waals surface area contributed by atoms with Gasteiger partial charge >= 0.3 is 18.1 Å². The van der Waals surface area contributed by atoms with Crippen molar-refractivity contribution in [3.8, 4) is 0 Å². The van der Waals surface area contributed by atoms with Gasteiger partial charge in [-0.25, -0.2) is 0 Å². The smallest absolute Gasteiger partial charge is 0.397 e. The molecule has 1 fully saturated rings. The van der Waals surface area contributed by atoms with Crippen LogP contribution in [0.5, 0.6) is 0 Å². The summed E-state index contributed by atoms with van der Waals surface area (Å²) in [6, 6.07) is 2.05. The quantitative estimate of drug-likeness (QED) is 0.551. The minimum absolute atomic E-state index is 0.816. The first-order valence-corrected chi connectivity index (χ1v) is 12.7. The van der Waals surface area contributed by atoms with Gasteiger partial charge in [0.25, 0.3) is 0 Å². The van der Waals surface area contributed by atoms with E-state index in [1.54, 1.807) is 21.3 Å². The lowest BCUT2D eigenvalue weighted by molar-refractivity contribution is 0.125. The van der Waals surface area contributed by atoms with Crippen molar-refractivity contribution in [3.63, 3.8) is 0 Å². The average molecular weight is 367 g/mol. The minimum atomic E-state index is -2.19. The largest absolute Gasteiger partial charge is 0.499 e. The topological polar surface area (TPSA) is 46.2 Å². The summed E-state index contributed by atoms with van der Waals surface area (Å²) in [5.74, 6) is 0.901. The third-order valence-electron chi connectivity index (χ3n) is 4.32. The van der Waals surface area contributed by atoms with Gasteiger partial charge < -0.3 is 22.1 Å². The Morgan fingerprint density at radius 3 is 1.61 bits per heavy atom. The number of hydrogen-bond acceptors (Lipinski definition) is 5. The zero-order chi connectivity index (χ0) is 17.6. The summed E-state index contributed by atoms with van der Waals surface area (Å²) in [6.45, 7) is 7.77. The van der Waals surface area contributed by atoms with Gasteiger partial charge in [0.1, 0.15) is 0 Å². The van der Waals surface area contributed by atoms with Gasteiger partial charge in [0.2, 0.25) is 0 Å². The second kappa shape index (κ2) is 14.6. The van der Waals surface area contributed by atoms with Gasteiger partial charge in [0.05, 0.1) is 0 Å². The van der Waals surface area contributed by atoms with Crippen LogP contribution in [0.2, 0.25) is 12.1 Å². The van der Waals surface area contributed by atoms with Crippen LogP contribution in [-0.2, 0) is 22.1 Å². The van der Waals surface area contributed by atoms with E-state index < -0.39 is 18.1 Å². The third-order valence-corrected chi connectivity index (χ3v) is 9.52. The number of hydrogen-bond donors (Lipinski definition) is 0. The SMILES string of the molecule is CCO[SiH](CC1CCCCC1)OCC.CC[Si](OC)(OC)OC. The standard InChI is InChI=1S/C11H24O2Si.C5H14O3Si/c1-3-12-14(13-4-2)10-11-8-6-5-7-9-11;1-5-9(6-2,7-3)8-4/h11,14H,3-10H2,1-2H3;5H2,1-4H3. The molecule has 7 heteroatoms. The maximum absolute atomic E-state index is 5.70. The van der Waals surface area contributed by atoms with Crippen LogP contribution in [0.15, 0.2) is 0 Å². The van der Waals surface area contributed by atoms with Crippen LogP contribution in [0.1, 0.15) is 52.9 Å². The molecule has 23 heavy (non-hydrogen) atoms. The lowest BCUT2D eigenvalue weighted by Crippen LogP contribution is -2.41. The molecule has 0 aromatic heterocycles. The van der Waals surface area contributed by atoms with Crippen molar-refractivity contribution in [1.29, 1.82) is 0 Å². The van der Waals surface area contributed by atoms with Gasteiger partial charge in [-0.15, -0.1) is 0 Å². The minimum Gasteiger partial charge on any atom is -0.397 e. The van der Waals surface area contributed by atoms with Gasteiger partial charge in [0, 0.05) is 40.6 Å². The Balaban J connectivity index is 0.000000468. The summed E-state index contributed by atoms with van der Waals surface area (Å²) in [4.78, 5) is 0. The van der Waals surface area contributed by atoms with Crippen LogP contribution in [0, 0.1) is 5.92 Å². The van der Waals surface area contributed by atoms with Crippen molar-refractivity contribution in [3.05, 3.63) is 0 Å². The van der Waals surface area contributed by atoms with Gasteiger partial charge in [-0.3, -0.25) is 0 Å². The zero-order valence-electron chi connectivity index (χ0n) is 16.1. The highest BCUT2D eigenvalue weighted by Crippen LogP contribution is 2.28. The molecule has 0 aliphatic heterocycles. The molecule has 0 saturated heterocycles. The molecule has 1 aliphatic carbocycles. The van der Waals surface area contributed by atoms with E-state index in [0.717, 1.165) is 25.2 Å². The van der Waals surface area contributed by atoms with Crippen molar-refractivity contribution in [2.75, 3.05) is 34.5 Å². The molecule has 0 amide bonds. The Morgan fingerprint density at radius 1 is 0.826 bits per heavy atom. The summed E-state index contributed by atoms with van der Waals surface area (Å²) in [6.07, 6.45) is 7.09. The Morgan fingerprint density at radius 2 is 1.30 bits per heavy atom. The molecule has 0 aromatic carbocycles. The molecular formula is C16H38O5Si2. The highest BCUT2D eigenvalue weighted by atomic mass is 28.4. The normalized spacial score (nSPS) is 16.3. The first kappa shape index (κ1) is 23.2. The van der Waals surface area contributed by atoms with E-state index in [9.17, 15) is 0 Å². The lowest BCUT2D eigenvalue weighted by atomic mass is 9.91. The first-order valence-electron chi connectivity index (χ1n) is 8.99. The summed E-state index contributed by atoms with van der Waals surface area (Å²) in [5.41, 5.74) is 0. The van der Waals surface area contributed by atoms with Crippen molar-refractivity contribution in [2.45, 2.75) is 65.0 Å². The molecule has 0 heterocycles. The molecule has 0 spiro atoms. The summed E-state index contributed by atoms with van der Waals surface area (Å²) < 4.78 is 26.6. The predicted octanol–water partition coefficient (Wildman–Crippen LogP) is 3.74. The van der Waals surface area contributed by atoms with Gasteiger partial charge in [-0.2, -0.15) is 0 Å². The van der Waals surface area contributed by atoms with E-state index in [4.69, 9.17) is 22.1 Å². The van der Waals surface area contributed by atoms with Gasteiger partial charge in [-0.1, -0.05) is 39.0 Å². The van der Waals surface area contributed by atoms with Crippen LogP contribution in [-0.4, -0.2) is 52.6 Å². The molecule has 140 valence electrons. The fourth-order valence-corrected chi connectivity index (χ4v) is 6.43. The van der Waals surface area contributed by atoms with E-state index in [1.165, 1.54) is 38.1 Å². The van der Waals surface area contributed by atoms with Gasteiger partial charge in [-0.05, 0) is 25.8 Å². The monoisotopic (exact) mass is 366 g/mol. The highest BCUT2D eigenvalue weighted by molar-refractivity contribution is 6.60. The lowest BCUT2D eigenvalue weighted by Gasteiger charge is -2.24. The summed E-state index contributed by atoms with van der Waals surface area (Å²) >= 11 is 0. The molecule has 1 saturated carbocycles. The zero-order valence-corrected chi connectivity index (χ0v) is 18.2. The maximum Gasteiger partial charge on any atom is 0.499 e. The molecule has 0 radical (unpaired) electrons. The Hall–Kier alpha value is 0.234. The molecular weight excluding hydrogens is 328 g/mol. The maximum atomic E-state index is 5.70. The van der Waals surface area contributed by atoms with E-state index >= 15 is 0 Å². The van der Waals surface area contributed by atoms with E-state index in [2.05, 4.69) is 13.8 Å². The second-order valence-electron chi connectivity index (χ2n) is 5.73. The van der Waals surface area contributed by atoms with Crippen LogP contribution in [0.3, 0.4) is 0 Å². The number of rotatable bonds is 10. The predicted molar refractivity (Wildman–Crippen MR) is 99.0 cm³/mol. The van der Waals surface area contributed by atoms with Crippen molar-refractivity contribution < 1.29 is 22.1 Å². The first-order chi connectivity index (χ1) is 11.1. The Kier molecular flexibility index (Phi) is 14.7. The van der Waals surface area contributed by atoms with E-state index in [-0.39, 0.29) is 0 Å². The van der Waals surface area contributed by atoms with Gasteiger partial charge in [0.15, 0.2) is 0 Å².